The van der Waals surface area contributed by atoms with E-state index in [1.54, 1.807) is 0 Å². The summed E-state index contributed by atoms with van der Waals surface area (Å²) in [5.41, 5.74) is 5.31. The first-order chi connectivity index (χ1) is 13.5. The number of aromatic nitrogens is 2. The second-order valence-corrected chi connectivity index (χ2v) is 7.93. The maximum Gasteiger partial charge on any atom is 0.123 e. The first kappa shape index (κ1) is 18.8. The first-order valence-electron chi connectivity index (χ1n) is 9.80. The molecule has 4 nitrogen and oxygen atoms in total. The Morgan fingerprint density at radius 1 is 1.07 bits per heavy atom. The van der Waals surface area contributed by atoms with Crippen molar-refractivity contribution in [3.05, 3.63) is 71.7 Å². The van der Waals surface area contributed by atoms with Crippen molar-refractivity contribution < 1.29 is 4.39 Å². The van der Waals surface area contributed by atoms with Gasteiger partial charge in [0, 0.05) is 43.0 Å². The molecule has 0 aliphatic carbocycles. The van der Waals surface area contributed by atoms with E-state index >= 15 is 0 Å². The molecule has 4 rings (SSSR count). The molecular weight excluding hydrogens is 351 g/mol. The van der Waals surface area contributed by atoms with E-state index in [4.69, 9.17) is 5.10 Å². The maximum absolute atomic E-state index is 13.4. The Hall–Kier alpha value is -2.50. The summed E-state index contributed by atoms with van der Waals surface area (Å²) in [6, 6.07) is 15.6. The van der Waals surface area contributed by atoms with Crippen molar-refractivity contribution in [2.75, 3.05) is 27.2 Å². The van der Waals surface area contributed by atoms with Crippen LogP contribution in [0.3, 0.4) is 0 Å². The second-order valence-electron chi connectivity index (χ2n) is 7.93. The average Bonchev–Trinajstić information content (AvgIpc) is 3.31. The molecule has 0 saturated carbocycles. The lowest BCUT2D eigenvalue weighted by Gasteiger charge is -2.20. The summed E-state index contributed by atoms with van der Waals surface area (Å²) in [5.74, 6) is -0.225. The van der Waals surface area contributed by atoms with Gasteiger partial charge in [0.15, 0.2) is 0 Å². The Balaban J connectivity index is 1.67. The van der Waals surface area contributed by atoms with Gasteiger partial charge in [0.25, 0.3) is 0 Å². The third-order valence-electron chi connectivity index (χ3n) is 5.58. The molecule has 1 fully saturated rings. The number of nitrogens with zero attached hydrogens (tertiary/aromatic N) is 4. The molecule has 0 amide bonds. The second kappa shape index (κ2) is 7.86. The summed E-state index contributed by atoms with van der Waals surface area (Å²) in [5, 5.41) is 4.86. The number of hydrogen-bond acceptors (Lipinski definition) is 3. The van der Waals surface area contributed by atoms with Gasteiger partial charge in [-0.25, -0.2) is 9.07 Å². The Morgan fingerprint density at radius 3 is 2.43 bits per heavy atom. The number of halogens is 1. The van der Waals surface area contributed by atoms with Gasteiger partial charge in [-0.1, -0.05) is 17.7 Å². The normalized spacial score (nSPS) is 17.5. The molecule has 1 aromatic heterocycles. The summed E-state index contributed by atoms with van der Waals surface area (Å²) in [6.07, 6.45) is 3.30. The Labute approximate surface area is 166 Å². The Bertz CT molecular complexity index is 928. The summed E-state index contributed by atoms with van der Waals surface area (Å²) in [7, 11) is 4.29. The van der Waals surface area contributed by atoms with E-state index in [-0.39, 0.29) is 5.82 Å². The molecule has 28 heavy (non-hydrogen) atoms. The molecule has 2 aromatic carbocycles. The first-order valence-corrected chi connectivity index (χ1v) is 9.80. The van der Waals surface area contributed by atoms with E-state index in [0.717, 1.165) is 36.6 Å². The van der Waals surface area contributed by atoms with Crippen LogP contribution < -0.4 is 0 Å². The third-order valence-corrected chi connectivity index (χ3v) is 5.58. The van der Waals surface area contributed by atoms with Crippen LogP contribution in [0.25, 0.3) is 16.9 Å². The summed E-state index contributed by atoms with van der Waals surface area (Å²) >= 11 is 0. The SMILES string of the molecule is Cc1ccc(-n2cc(CN3CC[C@H](N(C)C)C3)c(-c3ccc(F)cc3)n2)cc1. The predicted octanol–water partition coefficient (Wildman–Crippen LogP) is 4.12. The highest BCUT2D eigenvalue weighted by atomic mass is 19.1. The quantitative estimate of drug-likeness (QED) is 0.667. The summed E-state index contributed by atoms with van der Waals surface area (Å²) < 4.78 is 15.4. The molecule has 1 aliphatic heterocycles. The smallest absolute Gasteiger partial charge is 0.123 e. The van der Waals surface area contributed by atoms with Gasteiger partial charge in [-0.3, -0.25) is 4.90 Å². The molecule has 1 atom stereocenters. The molecule has 3 aromatic rings. The van der Waals surface area contributed by atoms with Crippen molar-refractivity contribution in [2.24, 2.45) is 0 Å². The average molecular weight is 378 g/mol. The van der Waals surface area contributed by atoms with E-state index in [2.05, 4.69) is 61.3 Å². The van der Waals surface area contributed by atoms with Gasteiger partial charge in [-0.05, 0) is 63.8 Å². The van der Waals surface area contributed by atoms with Gasteiger partial charge in [0.05, 0.1) is 11.4 Å². The predicted molar refractivity (Wildman–Crippen MR) is 111 cm³/mol. The molecule has 0 radical (unpaired) electrons. The minimum atomic E-state index is -0.225. The molecule has 1 aliphatic rings. The van der Waals surface area contributed by atoms with Crippen LogP contribution in [-0.2, 0) is 6.54 Å². The van der Waals surface area contributed by atoms with Gasteiger partial charge in [0.2, 0.25) is 0 Å². The number of likely N-dealkylation sites (N-methyl/N-ethyl adjacent to an activating group) is 1. The lowest BCUT2D eigenvalue weighted by Crippen LogP contribution is -2.31. The topological polar surface area (TPSA) is 24.3 Å². The summed E-state index contributed by atoms with van der Waals surface area (Å²) in [4.78, 5) is 4.78. The molecule has 0 spiro atoms. The number of benzene rings is 2. The van der Waals surface area contributed by atoms with E-state index in [1.165, 1.54) is 29.7 Å². The number of hydrogen-bond donors (Lipinski definition) is 0. The van der Waals surface area contributed by atoms with E-state index in [0.29, 0.717) is 6.04 Å². The van der Waals surface area contributed by atoms with E-state index in [9.17, 15) is 4.39 Å². The van der Waals surface area contributed by atoms with Gasteiger partial charge in [-0.2, -0.15) is 5.10 Å². The van der Waals surface area contributed by atoms with Crippen LogP contribution in [0.4, 0.5) is 4.39 Å². The molecule has 1 saturated heterocycles. The largest absolute Gasteiger partial charge is 0.305 e. The maximum atomic E-state index is 13.4. The highest BCUT2D eigenvalue weighted by Gasteiger charge is 2.25. The highest BCUT2D eigenvalue weighted by Crippen LogP contribution is 2.27. The molecule has 2 heterocycles. The zero-order valence-electron chi connectivity index (χ0n) is 16.8. The van der Waals surface area contributed by atoms with Crippen molar-refractivity contribution in [1.29, 1.82) is 0 Å². The van der Waals surface area contributed by atoms with Crippen LogP contribution >= 0.6 is 0 Å². The summed E-state index contributed by atoms with van der Waals surface area (Å²) in [6.45, 7) is 5.08. The van der Waals surface area contributed by atoms with Crippen LogP contribution in [0.2, 0.25) is 0 Å². The monoisotopic (exact) mass is 378 g/mol. The van der Waals surface area contributed by atoms with Crippen molar-refractivity contribution in [3.63, 3.8) is 0 Å². The van der Waals surface area contributed by atoms with Gasteiger partial charge < -0.3 is 4.90 Å². The highest BCUT2D eigenvalue weighted by molar-refractivity contribution is 5.63. The fourth-order valence-corrected chi connectivity index (χ4v) is 3.82. The number of likely N-dealkylation sites (tertiary alicyclic amines) is 1. The van der Waals surface area contributed by atoms with Crippen LogP contribution in [0.5, 0.6) is 0 Å². The van der Waals surface area contributed by atoms with Crippen LogP contribution in [0, 0.1) is 12.7 Å². The van der Waals surface area contributed by atoms with E-state index < -0.39 is 0 Å². The molecule has 0 N–H and O–H groups in total. The Morgan fingerprint density at radius 2 is 1.79 bits per heavy atom. The molecule has 0 unspecified atom stereocenters. The van der Waals surface area contributed by atoms with Crippen molar-refractivity contribution in [3.8, 4) is 16.9 Å². The minimum absolute atomic E-state index is 0.225. The number of aryl methyl sites for hydroxylation is 1. The van der Waals surface area contributed by atoms with Crippen LogP contribution in [0.15, 0.2) is 54.7 Å². The van der Waals surface area contributed by atoms with Crippen molar-refractivity contribution >= 4 is 0 Å². The van der Waals surface area contributed by atoms with Crippen molar-refractivity contribution in [1.82, 2.24) is 19.6 Å². The van der Waals surface area contributed by atoms with Gasteiger partial charge in [0.1, 0.15) is 5.82 Å². The zero-order valence-corrected chi connectivity index (χ0v) is 16.8. The fraction of sp³-hybridized carbons (Fsp3) is 0.348. The standard InChI is InChI=1S/C23H27FN4/c1-17-4-10-21(11-5-17)28-15-19(14-27-13-12-22(16-27)26(2)3)23(25-28)18-6-8-20(24)9-7-18/h4-11,15,22H,12-14,16H2,1-3H3/t22-/m0/s1. The molecule has 146 valence electrons. The minimum Gasteiger partial charge on any atom is -0.305 e. The van der Waals surface area contributed by atoms with Crippen molar-refractivity contribution in [2.45, 2.75) is 25.9 Å². The molecule has 5 heteroatoms. The number of rotatable bonds is 5. The Kier molecular flexibility index (Phi) is 5.29. The van der Waals surface area contributed by atoms with E-state index in [1.807, 2.05) is 16.8 Å². The third kappa shape index (κ3) is 4.01. The fourth-order valence-electron chi connectivity index (χ4n) is 3.82. The van der Waals surface area contributed by atoms with Gasteiger partial charge in [-0.15, -0.1) is 0 Å². The molecular formula is C23H27FN4. The molecule has 0 bridgehead atoms. The lowest BCUT2D eigenvalue weighted by molar-refractivity contribution is 0.265. The zero-order chi connectivity index (χ0) is 19.7. The van der Waals surface area contributed by atoms with Crippen LogP contribution in [-0.4, -0.2) is 52.8 Å². The lowest BCUT2D eigenvalue weighted by atomic mass is 10.1. The van der Waals surface area contributed by atoms with Gasteiger partial charge >= 0.3 is 0 Å². The van der Waals surface area contributed by atoms with Crippen LogP contribution in [0.1, 0.15) is 17.5 Å².